The molecule has 0 bridgehead atoms. The van der Waals surface area contributed by atoms with Crippen molar-refractivity contribution < 1.29 is 5.11 Å². The van der Waals surface area contributed by atoms with Crippen molar-refractivity contribution in [1.82, 2.24) is 15.1 Å². The molecule has 4 heteroatoms. The summed E-state index contributed by atoms with van der Waals surface area (Å²) in [6.45, 7) is 2.59. The van der Waals surface area contributed by atoms with Crippen LogP contribution < -0.4 is 5.32 Å². The third kappa shape index (κ3) is 3.32. The highest BCUT2D eigenvalue weighted by molar-refractivity contribution is 5.01. The van der Waals surface area contributed by atoms with E-state index in [1.54, 1.807) is 6.20 Å². The molecule has 1 heterocycles. The van der Waals surface area contributed by atoms with Crippen LogP contribution in [-0.4, -0.2) is 33.1 Å². The zero-order valence-corrected chi connectivity index (χ0v) is 10.1. The monoisotopic (exact) mass is 223 g/mol. The second-order valence-corrected chi connectivity index (χ2v) is 5.10. The Morgan fingerprint density at radius 3 is 2.94 bits per heavy atom. The number of nitrogens with zero attached hydrogens (tertiary/aromatic N) is 2. The maximum absolute atomic E-state index is 10.2. The normalized spacial score (nSPS) is 19.7. The Morgan fingerprint density at radius 1 is 1.62 bits per heavy atom. The fourth-order valence-corrected chi connectivity index (χ4v) is 1.78. The van der Waals surface area contributed by atoms with E-state index in [1.807, 2.05) is 24.7 Å². The van der Waals surface area contributed by atoms with Crippen molar-refractivity contribution >= 4 is 0 Å². The van der Waals surface area contributed by atoms with Crippen LogP contribution in [0.2, 0.25) is 0 Å². The standard InChI is InChI=1S/C12H21N3O/c1-12(16,9-13-10-3-4-10)7-5-11-6-8-14-15(11)2/h6,8,10,13,16H,3-5,7,9H2,1-2H3. The molecule has 16 heavy (non-hydrogen) atoms. The summed E-state index contributed by atoms with van der Waals surface area (Å²) < 4.78 is 1.87. The maximum Gasteiger partial charge on any atom is 0.0747 e. The van der Waals surface area contributed by atoms with E-state index < -0.39 is 5.60 Å². The van der Waals surface area contributed by atoms with Crippen molar-refractivity contribution in [2.24, 2.45) is 7.05 Å². The summed E-state index contributed by atoms with van der Waals surface area (Å²) in [7, 11) is 1.94. The van der Waals surface area contributed by atoms with Crippen molar-refractivity contribution in [2.45, 2.75) is 44.2 Å². The van der Waals surface area contributed by atoms with Gasteiger partial charge in [0.25, 0.3) is 0 Å². The van der Waals surface area contributed by atoms with E-state index in [-0.39, 0.29) is 0 Å². The van der Waals surface area contributed by atoms with Crippen molar-refractivity contribution in [2.75, 3.05) is 6.54 Å². The zero-order valence-electron chi connectivity index (χ0n) is 10.1. The number of aliphatic hydroxyl groups is 1. The molecule has 0 saturated heterocycles. The third-order valence-electron chi connectivity index (χ3n) is 3.19. The molecule has 1 aliphatic carbocycles. The Balaban J connectivity index is 1.76. The fourth-order valence-electron chi connectivity index (χ4n) is 1.78. The molecule has 2 N–H and O–H groups in total. The predicted molar refractivity (Wildman–Crippen MR) is 63.2 cm³/mol. The molecule has 1 aliphatic rings. The number of hydrogen-bond donors (Lipinski definition) is 2. The molecule has 1 saturated carbocycles. The number of rotatable bonds is 6. The quantitative estimate of drug-likeness (QED) is 0.752. The first-order valence-electron chi connectivity index (χ1n) is 5.99. The summed E-state index contributed by atoms with van der Waals surface area (Å²) in [5.74, 6) is 0. The minimum Gasteiger partial charge on any atom is -0.389 e. The molecule has 0 amide bonds. The van der Waals surface area contributed by atoms with Crippen LogP contribution in [0.3, 0.4) is 0 Å². The molecular weight excluding hydrogens is 202 g/mol. The van der Waals surface area contributed by atoms with Gasteiger partial charge in [-0.15, -0.1) is 0 Å². The van der Waals surface area contributed by atoms with Crippen LogP contribution >= 0.6 is 0 Å². The molecule has 1 unspecified atom stereocenters. The van der Waals surface area contributed by atoms with Crippen LogP contribution in [0.15, 0.2) is 12.3 Å². The summed E-state index contributed by atoms with van der Waals surface area (Å²) in [6, 6.07) is 2.66. The van der Waals surface area contributed by atoms with Crippen LogP contribution in [0.1, 0.15) is 31.9 Å². The summed E-state index contributed by atoms with van der Waals surface area (Å²) in [5.41, 5.74) is 0.555. The van der Waals surface area contributed by atoms with Gasteiger partial charge in [-0.05, 0) is 38.7 Å². The first-order valence-corrected chi connectivity index (χ1v) is 5.99. The average molecular weight is 223 g/mol. The highest BCUT2D eigenvalue weighted by Gasteiger charge is 2.26. The van der Waals surface area contributed by atoms with E-state index in [9.17, 15) is 5.11 Å². The molecule has 0 radical (unpaired) electrons. The third-order valence-corrected chi connectivity index (χ3v) is 3.19. The van der Waals surface area contributed by atoms with E-state index in [0.29, 0.717) is 12.6 Å². The fraction of sp³-hybridized carbons (Fsp3) is 0.750. The average Bonchev–Trinajstić information content (AvgIpc) is 2.97. The zero-order chi connectivity index (χ0) is 11.6. The molecule has 1 aromatic heterocycles. The van der Waals surface area contributed by atoms with Gasteiger partial charge in [0.05, 0.1) is 5.60 Å². The van der Waals surface area contributed by atoms with Crippen molar-refractivity contribution in [1.29, 1.82) is 0 Å². The molecule has 90 valence electrons. The Bertz CT molecular complexity index is 342. The van der Waals surface area contributed by atoms with Gasteiger partial charge in [0.15, 0.2) is 0 Å². The van der Waals surface area contributed by atoms with E-state index in [0.717, 1.165) is 12.8 Å². The predicted octanol–water partition coefficient (Wildman–Crippen LogP) is 0.856. The summed E-state index contributed by atoms with van der Waals surface area (Å²) in [5, 5.41) is 17.7. The lowest BCUT2D eigenvalue weighted by Gasteiger charge is -2.23. The molecular formula is C12H21N3O. The Kier molecular flexibility index (Phi) is 3.30. The van der Waals surface area contributed by atoms with Gasteiger partial charge in [0.2, 0.25) is 0 Å². The van der Waals surface area contributed by atoms with Gasteiger partial charge in [-0.3, -0.25) is 4.68 Å². The van der Waals surface area contributed by atoms with Gasteiger partial charge in [-0.2, -0.15) is 5.10 Å². The van der Waals surface area contributed by atoms with E-state index in [2.05, 4.69) is 10.4 Å². The summed E-state index contributed by atoms with van der Waals surface area (Å²) >= 11 is 0. The molecule has 2 rings (SSSR count). The molecule has 4 nitrogen and oxygen atoms in total. The molecule has 0 aliphatic heterocycles. The van der Waals surface area contributed by atoms with Gasteiger partial charge in [-0.1, -0.05) is 0 Å². The van der Waals surface area contributed by atoms with Crippen molar-refractivity contribution in [3.05, 3.63) is 18.0 Å². The largest absolute Gasteiger partial charge is 0.389 e. The van der Waals surface area contributed by atoms with Crippen molar-refractivity contribution in [3.63, 3.8) is 0 Å². The lowest BCUT2D eigenvalue weighted by atomic mass is 9.99. The van der Waals surface area contributed by atoms with Gasteiger partial charge in [0.1, 0.15) is 0 Å². The second-order valence-electron chi connectivity index (χ2n) is 5.10. The highest BCUT2D eigenvalue weighted by Crippen LogP contribution is 2.20. The lowest BCUT2D eigenvalue weighted by Crippen LogP contribution is -2.39. The van der Waals surface area contributed by atoms with E-state index >= 15 is 0 Å². The maximum atomic E-state index is 10.2. The van der Waals surface area contributed by atoms with Crippen molar-refractivity contribution in [3.8, 4) is 0 Å². The second kappa shape index (κ2) is 4.55. The highest BCUT2D eigenvalue weighted by atomic mass is 16.3. The topological polar surface area (TPSA) is 50.1 Å². The van der Waals surface area contributed by atoms with Crippen LogP contribution in [0.25, 0.3) is 0 Å². The lowest BCUT2D eigenvalue weighted by molar-refractivity contribution is 0.0503. The van der Waals surface area contributed by atoms with E-state index in [1.165, 1.54) is 18.5 Å². The van der Waals surface area contributed by atoms with Gasteiger partial charge in [-0.25, -0.2) is 0 Å². The number of aromatic nitrogens is 2. The van der Waals surface area contributed by atoms with Gasteiger partial charge < -0.3 is 10.4 Å². The Labute approximate surface area is 96.7 Å². The van der Waals surface area contributed by atoms with Gasteiger partial charge in [0, 0.05) is 31.5 Å². The van der Waals surface area contributed by atoms with Crippen LogP contribution in [0, 0.1) is 0 Å². The molecule has 1 aromatic rings. The summed E-state index contributed by atoms with van der Waals surface area (Å²) in [4.78, 5) is 0. The minimum absolute atomic E-state index is 0.618. The smallest absolute Gasteiger partial charge is 0.0747 e. The first kappa shape index (κ1) is 11.6. The summed E-state index contributed by atoms with van der Waals surface area (Å²) in [6.07, 6.45) is 5.96. The Morgan fingerprint density at radius 2 is 2.38 bits per heavy atom. The van der Waals surface area contributed by atoms with Crippen LogP contribution in [0.4, 0.5) is 0 Å². The molecule has 1 atom stereocenters. The van der Waals surface area contributed by atoms with E-state index in [4.69, 9.17) is 0 Å². The minimum atomic E-state index is -0.618. The number of nitrogens with one attached hydrogen (secondary N) is 1. The SMILES string of the molecule is Cn1nccc1CCC(C)(O)CNC1CC1. The molecule has 0 aromatic carbocycles. The van der Waals surface area contributed by atoms with Crippen LogP contribution in [-0.2, 0) is 13.5 Å². The first-order chi connectivity index (χ1) is 7.57. The van der Waals surface area contributed by atoms with Crippen LogP contribution in [0.5, 0.6) is 0 Å². The van der Waals surface area contributed by atoms with Gasteiger partial charge >= 0.3 is 0 Å². The number of aryl methyl sites for hydroxylation is 2. The molecule has 1 fully saturated rings. The molecule has 0 spiro atoms. The Hall–Kier alpha value is -0.870. The number of hydrogen-bond acceptors (Lipinski definition) is 3.